The second-order valence-electron chi connectivity index (χ2n) is 7.97. The molecule has 146 valence electrons. The standard InChI is InChI=1S/C20H23N5O2S/c1-20(2,3)25-17-15(11-22-25)18(27)24-14(12-28-19(24)23-17)9-16(26)21-10-13-7-5-4-6-8-13/h4-8,11,14H,9-10,12H2,1-3H3,(H,21,26). The molecule has 7 nitrogen and oxygen atoms in total. The van der Waals surface area contributed by atoms with Crippen molar-refractivity contribution >= 4 is 28.7 Å². The van der Waals surface area contributed by atoms with E-state index < -0.39 is 0 Å². The normalized spacial score (nSPS) is 16.3. The lowest BCUT2D eigenvalue weighted by Crippen LogP contribution is -2.31. The number of rotatable bonds is 4. The highest BCUT2D eigenvalue weighted by Gasteiger charge is 2.30. The van der Waals surface area contributed by atoms with Crippen LogP contribution in [0.4, 0.5) is 0 Å². The van der Waals surface area contributed by atoms with Crippen molar-refractivity contribution in [2.75, 3.05) is 5.75 Å². The van der Waals surface area contributed by atoms with Crippen LogP contribution in [0.25, 0.3) is 11.0 Å². The Labute approximate surface area is 167 Å². The van der Waals surface area contributed by atoms with Crippen molar-refractivity contribution in [3.8, 4) is 0 Å². The molecule has 0 radical (unpaired) electrons. The maximum Gasteiger partial charge on any atom is 0.265 e. The van der Waals surface area contributed by atoms with Crippen LogP contribution in [0.5, 0.6) is 0 Å². The summed E-state index contributed by atoms with van der Waals surface area (Å²) >= 11 is 1.51. The van der Waals surface area contributed by atoms with Crippen LogP contribution in [0.1, 0.15) is 38.8 Å². The van der Waals surface area contributed by atoms with E-state index in [4.69, 9.17) is 0 Å². The van der Waals surface area contributed by atoms with Crippen LogP contribution in [0.2, 0.25) is 0 Å². The Balaban J connectivity index is 1.56. The Kier molecular flexibility index (Phi) is 4.74. The molecular formula is C20H23N5O2S. The monoisotopic (exact) mass is 397 g/mol. The first-order valence-corrected chi connectivity index (χ1v) is 10.3. The molecule has 1 N–H and O–H groups in total. The van der Waals surface area contributed by atoms with Crippen LogP contribution in [-0.2, 0) is 16.9 Å². The van der Waals surface area contributed by atoms with Crippen LogP contribution < -0.4 is 10.9 Å². The van der Waals surface area contributed by atoms with E-state index in [2.05, 4.69) is 15.4 Å². The maximum absolute atomic E-state index is 13.1. The van der Waals surface area contributed by atoms with Gasteiger partial charge < -0.3 is 5.32 Å². The van der Waals surface area contributed by atoms with E-state index in [9.17, 15) is 9.59 Å². The van der Waals surface area contributed by atoms with Crippen molar-refractivity contribution in [2.24, 2.45) is 0 Å². The van der Waals surface area contributed by atoms with Crippen molar-refractivity contribution in [1.82, 2.24) is 24.6 Å². The number of amides is 1. The molecule has 4 rings (SSSR count). The van der Waals surface area contributed by atoms with Crippen LogP contribution in [0, 0.1) is 0 Å². The van der Waals surface area contributed by atoms with Gasteiger partial charge in [-0.3, -0.25) is 14.2 Å². The number of hydrogen-bond acceptors (Lipinski definition) is 5. The molecule has 0 aliphatic carbocycles. The Hall–Kier alpha value is -2.61. The molecule has 3 heterocycles. The fourth-order valence-electron chi connectivity index (χ4n) is 3.35. The molecule has 0 spiro atoms. The van der Waals surface area contributed by atoms with Crippen LogP contribution in [0.15, 0.2) is 46.5 Å². The third-order valence-electron chi connectivity index (χ3n) is 4.76. The minimum atomic E-state index is -0.264. The molecule has 0 bridgehead atoms. The fraction of sp³-hybridized carbons (Fsp3) is 0.400. The molecule has 1 unspecified atom stereocenters. The number of hydrogen-bond donors (Lipinski definition) is 1. The van der Waals surface area contributed by atoms with Crippen molar-refractivity contribution in [3.63, 3.8) is 0 Å². The molecule has 1 aliphatic heterocycles. The summed E-state index contributed by atoms with van der Waals surface area (Å²) in [5.41, 5.74) is 1.26. The highest BCUT2D eigenvalue weighted by atomic mass is 32.2. The number of benzene rings is 1. The number of carbonyl (C=O) groups is 1. The van der Waals surface area contributed by atoms with Gasteiger partial charge in [0, 0.05) is 18.7 Å². The van der Waals surface area contributed by atoms with Gasteiger partial charge in [0.2, 0.25) is 5.91 Å². The zero-order valence-corrected chi connectivity index (χ0v) is 17.0. The summed E-state index contributed by atoms with van der Waals surface area (Å²) in [6.07, 6.45) is 1.84. The molecule has 1 amide bonds. The largest absolute Gasteiger partial charge is 0.352 e. The fourth-order valence-corrected chi connectivity index (χ4v) is 4.48. The highest BCUT2D eigenvalue weighted by molar-refractivity contribution is 7.99. The highest BCUT2D eigenvalue weighted by Crippen LogP contribution is 2.33. The number of carbonyl (C=O) groups excluding carboxylic acids is 1. The minimum Gasteiger partial charge on any atom is -0.352 e. The molecule has 0 saturated heterocycles. The molecule has 3 aromatic rings. The second kappa shape index (κ2) is 7.09. The molecule has 0 fully saturated rings. The first-order chi connectivity index (χ1) is 13.3. The zero-order chi connectivity index (χ0) is 19.9. The first-order valence-electron chi connectivity index (χ1n) is 9.29. The zero-order valence-electron chi connectivity index (χ0n) is 16.2. The SMILES string of the molecule is CC(C)(C)n1ncc2c(=O)n3c(nc21)SCC3CC(=O)NCc1ccccc1. The molecule has 28 heavy (non-hydrogen) atoms. The topological polar surface area (TPSA) is 81.8 Å². The predicted molar refractivity (Wildman–Crippen MR) is 109 cm³/mol. The van der Waals surface area contributed by atoms with Gasteiger partial charge in [-0.2, -0.15) is 5.10 Å². The van der Waals surface area contributed by atoms with E-state index in [-0.39, 0.29) is 29.5 Å². The van der Waals surface area contributed by atoms with E-state index in [0.29, 0.717) is 28.5 Å². The number of aromatic nitrogens is 4. The van der Waals surface area contributed by atoms with Gasteiger partial charge in [-0.05, 0) is 26.3 Å². The van der Waals surface area contributed by atoms with Gasteiger partial charge in [-0.25, -0.2) is 9.67 Å². The van der Waals surface area contributed by atoms with Gasteiger partial charge in [-0.1, -0.05) is 42.1 Å². The van der Waals surface area contributed by atoms with Gasteiger partial charge >= 0.3 is 0 Å². The number of nitrogens with one attached hydrogen (secondary N) is 1. The lowest BCUT2D eigenvalue weighted by Gasteiger charge is -2.20. The molecule has 1 aromatic carbocycles. The Morgan fingerprint density at radius 3 is 2.75 bits per heavy atom. The summed E-state index contributed by atoms with van der Waals surface area (Å²) in [6, 6.07) is 9.58. The summed E-state index contributed by atoms with van der Waals surface area (Å²) in [6.45, 7) is 6.56. The molecule has 2 aromatic heterocycles. The second-order valence-corrected chi connectivity index (χ2v) is 8.95. The average Bonchev–Trinajstić information content (AvgIpc) is 3.26. The first kappa shape index (κ1) is 18.7. The summed E-state index contributed by atoms with van der Waals surface area (Å²) in [7, 11) is 0. The van der Waals surface area contributed by atoms with Crippen LogP contribution in [0.3, 0.4) is 0 Å². The summed E-state index contributed by atoms with van der Waals surface area (Å²) in [4.78, 5) is 30.2. The van der Waals surface area contributed by atoms with E-state index >= 15 is 0 Å². The maximum atomic E-state index is 13.1. The van der Waals surface area contributed by atoms with Gasteiger partial charge in [0.05, 0.1) is 17.8 Å². The van der Waals surface area contributed by atoms with Gasteiger partial charge in [-0.15, -0.1) is 0 Å². The molecule has 1 aliphatic rings. The summed E-state index contributed by atoms with van der Waals surface area (Å²) in [5, 5.41) is 8.46. The average molecular weight is 398 g/mol. The molecule has 0 saturated carbocycles. The van der Waals surface area contributed by atoms with Crippen LogP contribution >= 0.6 is 11.8 Å². The smallest absolute Gasteiger partial charge is 0.265 e. The van der Waals surface area contributed by atoms with Crippen molar-refractivity contribution in [2.45, 2.75) is 50.5 Å². The minimum absolute atomic E-state index is 0.0697. The summed E-state index contributed by atoms with van der Waals surface area (Å²) < 4.78 is 3.44. The predicted octanol–water partition coefficient (Wildman–Crippen LogP) is 2.70. The number of nitrogens with zero attached hydrogens (tertiary/aromatic N) is 4. The van der Waals surface area contributed by atoms with E-state index in [1.807, 2.05) is 51.1 Å². The van der Waals surface area contributed by atoms with Crippen molar-refractivity contribution in [3.05, 3.63) is 52.4 Å². The van der Waals surface area contributed by atoms with Crippen molar-refractivity contribution < 1.29 is 4.79 Å². The van der Waals surface area contributed by atoms with E-state index in [0.717, 1.165) is 5.56 Å². The quantitative estimate of drug-likeness (QED) is 0.685. The van der Waals surface area contributed by atoms with Gasteiger partial charge in [0.25, 0.3) is 5.56 Å². The van der Waals surface area contributed by atoms with E-state index in [1.165, 1.54) is 11.8 Å². The third kappa shape index (κ3) is 3.44. The van der Waals surface area contributed by atoms with E-state index in [1.54, 1.807) is 15.4 Å². The number of thioether (sulfide) groups is 1. The Bertz CT molecular complexity index is 1080. The lowest BCUT2D eigenvalue weighted by atomic mass is 10.1. The third-order valence-corrected chi connectivity index (χ3v) is 5.86. The van der Waals surface area contributed by atoms with Crippen LogP contribution in [-0.4, -0.2) is 31.0 Å². The number of fused-ring (bicyclic) bond motifs is 2. The van der Waals surface area contributed by atoms with Gasteiger partial charge in [0.1, 0.15) is 5.39 Å². The molecular weight excluding hydrogens is 374 g/mol. The molecule has 8 heteroatoms. The summed E-state index contributed by atoms with van der Waals surface area (Å²) in [5.74, 6) is 0.594. The Morgan fingerprint density at radius 1 is 1.29 bits per heavy atom. The molecule has 1 atom stereocenters. The van der Waals surface area contributed by atoms with Crippen molar-refractivity contribution in [1.29, 1.82) is 0 Å². The lowest BCUT2D eigenvalue weighted by molar-refractivity contribution is -0.121. The Morgan fingerprint density at radius 2 is 2.04 bits per heavy atom. The van der Waals surface area contributed by atoms with Gasteiger partial charge in [0.15, 0.2) is 10.8 Å².